The summed E-state index contributed by atoms with van der Waals surface area (Å²) in [6.45, 7) is 4.28. The molecule has 9 heteroatoms. The molecule has 2 aromatic carbocycles. The number of halogens is 1. The lowest BCUT2D eigenvalue weighted by molar-refractivity contribution is 0.0988. The van der Waals surface area contributed by atoms with E-state index >= 15 is 0 Å². The molecule has 0 atom stereocenters. The average Bonchev–Trinajstić information content (AvgIpc) is 3.20. The van der Waals surface area contributed by atoms with E-state index in [1.807, 2.05) is 0 Å². The van der Waals surface area contributed by atoms with E-state index in [1.54, 1.807) is 19.9 Å². The molecule has 1 aromatic heterocycles. The molecule has 3 rings (SSSR count). The fourth-order valence-electron chi connectivity index (χ4n) is 2.78. The van der Waals surface area contributed by atoms with Crippen LogP contribution in [0, 0.1) is 5.82 Å². The molecule has 1 N–H and O–H groups in total. The maximum absolute atomic E-state index is 13.3. The second-order valence-electron chi connectivity index (χ2n) is 6.15. The van der Waals surface area contributed by atoms with Crippen molar-refractivity contribution in [3.63, 3.8) is 0 Å². The molecule has 0 saturated carbocycles. The number of sulfonamides is 1. The Labute approximate surface area is 168 Å². The molecule has 0 aliphatic heterocycles. The van der Waals surface area contributed by atoms with Crippen LogP contribution in [-0.4, -0.2) is 36.9 Å². The highest BCUT2D eigenvalue weighted by molar-refractivity contribution is 7.89. The van der Waals surface area contributed by atoms with Crippen LogP contribution in [0.5, 0.6) is 0 Å². The average molecular weight is 417 g/mol. The molecule has 0 unspecified atom stereocenters. The van der Waals surface area contributed by atoms with Crippen molar-refractivity contribution in [2.45, 2.75) is 18.7 Å². The number of carbonyl (C=O) groups excluding carboxylic acids is 1. The molecule has 29 heavy (non-hydrogen) atoms. The van der Waals surface area contributed by atoms with E-state index in [9.17, 15) is 17.6 Å². The van der Waals surface area contributed by atoms with Crippen LogP contribution >= 0.6 is 0 Å². The third-order valence-corrected chi connectivity index (χ3v) is 6.37. The van der Waals surface area contributed by atoms with Gasteiger partial charge in [-0.3, -0.25) is 4.79 Å². The standard InChI is InChI=1S/C20H20FN3O4S/c1-3-24(4-2)29(26,27)17-10-8-16(9-11-17)22-20(25)19-13-18(23-28-19)14-6-5-7-15(21)12-14/h5-13H,3-4H2,1-2H3,(H,22,25). The van der Waals surface area contributed by atoms with Gasteiger partial charge in [0.2, 0.25) is 15.8 Å². The number of aromatic nitrogens is 1. The molecule has 3 aromatic rings. The molecule has 1 amide bonds. The minimum absolute atomic E-state index is 0.0518. The zero-order valence-corrected chi connectivity index (χ0v) is 16.7. The van der Waals surface area contributed by atoms with Gasteiger partial charge in [0.05, 0.1) is 4.90 Å². The molecule has 7 nitrogen and oxygen atoms in total. The normalized spacial score (nSPS) is 11.6. The van der Waals surface area contributed by atoms with Gasteiger partial charge in [-0.15, -0.1) is 0 Å². The zero-order chi connectivity index (χ0) is 21.0. The Bertz CT molecular complexity index is 1110. The van der Waals surface area contributed by atoms with Gasteiger partial charge >= 0.3 is 0 Å². The third kappa shape index (κ3) is 4.52. The summed E-state index contributed by atoms with van der Waals surface area (Å²) in [5, 5.41) is 6.40. The second-order valence-corrected chi connectivity index (χ2v) is 8.09. The lowest BCUT2D eigenvalue weighted by atomic mass is 10.1. The highest BCUT2D eigenvalue weighted by Crippen LogP contribution is 2.22. The Kier molecular flexibility index (Phi) is 6.09. The summed E-state index contributed by atoms with van der Waals surface area (Å²) in [4.78, 5) is 12.5. The largest absolute Gasteiger partial charge is 0.350 e. The Morgan fingerprint density at radius 3 is 2.41 bits per heavy atom. The van der Waals surface area contributed by atoms with Gasteiger partial charge in [0, 0.05) is 30.4 Å². The van der Waals surface area contributed by atoms with Crippen LogP contribution in [0.2, 0.25) is 0 Å². The van der Waals surface area contributed by atoms with E-state index in [-0.39, 0.29) is 10.7 Å². The van der Waals surface area contributed by atoms with Crippen molar-refractivity contribution >= 4 is 21.6 Å². The first-order valence-corrected chi connectivity index (χ1v) is 10.4. The van der Waals surface area contributed by atoms with Crippen LogP contribution < -0.4 is 5.32 Å². The van der Waals surface area contributed by atoms with Gasteiger partial charge < -0.3 is 9.84 Å². The van der Waals surface area contributed by atoms with Gasteiger partial charge in [0.1, 0.15) is 11.5 Å². The van der Waals surface area contributed by atoms with Gasteiger partial charge in [-0.2, -0.15) is 4.31 Å². The lowest BCUT2D eigenvalue weighted by Gasteiger charge is -2.18. The zero-order valence-electron chi connectivity index (χ0n) is 15.9. The summed E-state index contributed by atoms with van der Waals surface area (Å²) in [5.41, 5.74) is 1.21. The molecule has 0 spiro atoms. The van der Waals surface area contributed by atoms with Crippen LogP contribution in [0.4, 0.5) is 10.1 Å². The highest BCUT2D eigenvalue weighted by atomic mass is 32.2. The smallest absolute Gasteiger partial charge is 0.294 e. The van der Waals surface area contributed by atoms with Crippen molar-refractivity contribution in [2.24, 2.45) is 0 Å². The summed E-state index contributed by atoms with van der Waals surface area (Å²) < 4.78 is 44.7. The van der Waals surface area contributed by atoms with Crippen LogP contribution in [-0.2, 0) is 10.0 Å². The number of hydrogen-bond donors (Lipinski definition) is 1. The summed E-state index contributed by atoms with van der Waals surface area (Å²) >= 11 is 0. The van der Waals surface area contributed by atoms with Crippen LogP contribution in [0.25, 0.3) is 11.3 Å². The van der Waals surface area contributed by atoms with Crippen molar-refractivity contribution in [1.29, 1.82) is 0 Å². The molecule has 0 radical (unpaired) electrons. The summed E-state index contributed by atoms with van der Waals surface area (Å²) in [5.74, 6) is -1.03. The van der Waals surface area contributed by atoms with Crippen molar-refractivity contribution in [3.05, 3.63) is 66.2 Å². The number of nitrogens with zero attached hydrogens (tertiary/aromatic N) is 2. The van der Waals surface area contributed by atoms with E-state index in [2.05, 4.69) is 10.5 Å². The molecule has 0 bridgehead atoms. The molecule has 0 aliphatic rings. The van der Waals surface area contributed by atoms with E-state index in [4.69, 9.17) is 4.52 Å². The molecular formula is C20H20FN3O4S. The fraction of sp³-hybridized carbons (Fsp3) is 0.200. The maximum atomic E-state index is 13.3. The molecule has 1 heterocycles. The summed E-state index contributed by atoms with van der Waals surface area (Å²) in [7, 11) is -3.57. The van der Waals surface area contributed by atoms with Gasteiger partial charge in [0.15, 0.2) is 0 Å². The predicted octanol–water partition coefficient (Wildman–Crippen LogP) is 3.76. The highest BCUT2D eigenvalue weighted by Gasteiger charge is 2.21. The lowest BCUT2D eigenvalue weighted by Crippen LogP contribution is -2.30. The minimum atomic E-state index is -3.57. The van der Waals surface area contributed by atoms with E-state index in [0.29, 0.717) is 30.0 Å². The molecule has 0 aliphatic carbocycles. The maximum Gasteiger partial charge on any atom is 0.294 e. The van der Waals surface area contributed by atoms with Crippen molar-refractivity contribution in [3.8, 4) is 11.3 Å². The van der Waals surface area contributed by atoms with Crippen molar-refractivity contribution < 1.29 is 22.1 Å². The Morgan fingerprint density at radius 1 is 1.10 bits per heavy atom. The first kappa shape index (κ1) is 20.7. The molecule has 152 valence electrons. The fourth-order valence-corrected chi connectivity index (χ4v) is 4.24. The first-order chi connectivity index (χ1) is 13.8. The van der Waals surface area contributed by atoms with E-state index < -0.39 is 21.7 Å². The number of nitrogens with one attached hydrogen (secondary N) is 1. The first-order valence-electron chi connectivity index (χ1n) is 8.99. The van der Waals surface area contributed by atoms with Gasteiger partial charge in [-0.1, -0.05) is 31.1 Å². The topological polar surface area (TPSA) is 92.5 Å². The minimum Gasteiger partial charge on any atom is -0.350 e. The number of rotatable bonds is 7. The number of anilines is 1. The van der Waals surface area contributed by atoms with Crippen LogP contribution in [0.1, 0.15) is 24.4 Å². The Hall–Kier alpha value is -3.04. The Morgan fingerprint density at radius 2 is 1.79 bits per heavy atom. The number of carbonyl (C=O) groups is 1. The molecular weight excluding hydrogens is 397 g/mol. The SMILES string of the molecule is CCN(CC)S(=O)(=O)c1ccc(NC(=O)c2cc(-c3cccc(F)c3)no2)cc1. The van der Waals surface area contributed by atoms with Crippen LogP contribution in [0.15, 0.2) is 64.0 Å². The summed E-state index contributed by atoms with van der Waals surface area (Å²) in [6.07, 6.45) is 0. The van der Waals surface area contributed by atoms with E-state index in [1.165, 1.54) is 52.8 Å². The van der Waals surface area contributed by atoms with Crippen molar-refractivity contribution in [2.75, 3.05) is 18.4 Å². The van der Waals surface area contributed by atoms with Gasteiger partial charge in [-0.25, -0.2) is 12.8 Å². The Balaban J connectivity index is 1.73. The quantitative estimate of drug-likeness (QED) is 0.632. The molecule has 0 fully saturated rings. The van der Waals surface area contributed by atoms with Gasteiger partial charge in [-0.05, 0) is 36.4 Å². The van der Waals surface area contributed by atoms with Gasteiger partial charge in [0.25, 0.3) is 5.91 Å². The number of benzene rings is 2. The predicted molar refractivity (Wildman–Crippen MR) is 106 cm³/mol. The van der Waals surface area contributed by atoms with E-state index in [0.717, 1.165) is 0 Å². The number of hydrogen-bond acceptors (Lipinski definition) is 5. The number of amides is 1. The monoisotopic (exact) mass is 417 g/mol. The summed E-state index contributed by atoms with van der Waals surface area (Å²) in [6, 6.07) is 13.0. The van der Waals surface area contributed by atoms with Crippen LogP contribution in [0.3, 0.4) is 0 Å². The molecule has 0 saturated heterocycles. The third-order valence-electron chi connectivity index (χ3n) is 4.31. The second kappa shape index (κ2) is 8.54. The van der Waals surface area contributed by atoms with Crippen molar-refractivity contribution in [1.82, 2.24) is 9.46 Å².